The molecule has 0 saturated heterocycles. The van der Waals surface area contributed by atoms with Crippen molar-refractivity contribution < 1.29 is 14.0 Å². The summed E-state index contributed by atoms with van der Waals surface area (Å²) in [5.41, 5.74) is 3.12. The lowest BCUT2D eigenvalue weighted by molar-refractivity contribution is 0.0912. The number of rotatable bonds is 6. The summed E-state index contributed by atoms with van der Waals surface area (Å²) in [5.74, 6) is -0.830. The van der Waals surface area contributed by atoms with E-state index in [-0.39, 0.29) is 23.2 Å². The van der Waals surface area contributed by atoms with E-state index in [0.717, 1.165) is 16.6 Å². The first-order chi connectivity index (χ1) is 16.2. The number of fused-ring (bicyclic) bond motifs is 1. The summed E-state index contributed by atoms with van der Waals surface area (Å²) in [4.78, 5) is 29.9. The second-order valence-corrected chi connectivity index (χ2v) is 9.24. The van der Waals surface area contributed by atoms with Gasteiger partial charge >= 0.3 is 0 Å². The maximum atomic E-state index is 13.5. The first-order valence-corrected chi connectivity index (χ1v) is 11.1. The normalized spacial score (nSPS) is 12.4. The Bertz CT molecular complexity index is 1310. The second-order valence-electron chi connectivity index (χ2n) is 9.24. The van der Waals surface area contributed by atoms with Crippen molar-refractivity contribution in [3.05, 3.63) is 102 Å². The van der Waals surface area contributed by atoms with E-state index >= 15 is 0 Å². The third kappa shape index (κ3) is 5.49. The first-order valence-electron chi connectivity index (χ1n) is 11.1. The predicted octanol–water partition coefficient (Wildman–Crippen LogP) is 4.88. The van der Waals surface area contributed by atoms with Gasteiger partial charge in [-0.2, -0.15) is 0 Å². The number of hydrogen-bond acceptors (Lipinski definition) is 3. The van der Waals surface area contributed by atoms with Crippen LogP contribution in [0, 0.1) is 5.82 Å². The van der Waals surface area contributed by atoms with Crippen molar-refractivity contribution >= 4 is 22.8 Å². The van der Waals surface area contributed by atoms with Crippen LogP contribution in [0.2, 0.25) is 0 Å². The lowest BCUT2D eigenvalue weighted by atomic mass is 10.0. The molecule has 2 N–H and O–H groups in total. The molecule has 2 amide bonds. The molecule has 0 fully saturated rings. The second kappa shape index (κ2) is 9.47. The van der Waals surface area contributed by atoms with Crippen LogP contribution in [0.25, 0.3) is 11.0 Å². The van der Waals surface area contributed by atoms with Gasteiger partial charge in [-0.3, -0.25) is 9.59 Å². The fraction of sp³-hybridized carbons (Fsp3) is 0.222. The maximum absolute atomic E-state index is 13.5. The minimum absolute atomic E-state index is 0.198. The van der Waals surface area contributed by atoms with Crippen LogP contribution >= 0.6 is 0 Å². The number of carbonyl (C=O) groups is 2. The molecule has 4 aromatic rings. The van der Waals surface area contributed by atoms with Crippen LogP contribution in [-0.2, 0) is 6.54 Å². The fourth-order valence-corrected chi connectivity index (χ4v) is 3.71. The first kappa shape index (κ1) is 23.2. The SMILES string of the molecule is CC(C)(C)NC(=O)c1ccc(C(=O)NC(Cn2cnc3ccccc32)c2ccc(F)cc2)cc1. The van der Waals surface area contributed by atoms with Crippen LogP contribution in [0.5, 0.6) is 0 Å². The van der Waals surface area contributed by atoms with Gasteiger partial charge in [0.1, 0.15) is 5.82 Å². The molecule has 3 aromatic carbocycles. The Morgan fingerprint density at radius 1 is 0.912 bits per heavy atom. The molecule has 1 unspecified atom stereocenters. The standard InChI is InChI=1S/C27H27FN4O2/c1-27(2,3)31-26(34)20-10-8-19(9-11-20)25(33)30-23(18-12-14-21(28)15-13-18)16-32-17-29-22-6-4-5-7-24(22)32/h4-15,17,23H,16H2,1-3H3,(H,30,33)(H,31,34). The number of aromatic nitrogens is 2. The van der Waals surface area contributed by atoms with Crippen molar-refractivity contribution in [2.45, 2.75) is 38.9 Å². The molecule has 1 aromatic heterocycles. The molecule has 4 rings (SSSR count). The van der Waals surface area contributed by atoms with Crippen LogP contribution in [-0.4, -0.2) is 26.9 Å². The molecule has 7 heteroatoms. The average molecular weight is 459 g/mol. The van der Waals surface area contributed by atoms with Gasteiger partial charge in [0.2, 0.25) is 0 Å². The van der Waals surface area contributed by atoms with Gasteiger partial charge in [0, 0.05) is 23.2 Å². The number of carbonyl (C=O) groups excluding carboxylic acids is 2. The molecular weight excluding hydrogens is 431 g/mol. The van der Waals surface area contributed by atoms with Crippen molar-refractivity contribution in [2.75, 3.05) is 0 Å². The highest BCUT2D eigenvalue weighted by Crippen LogP contribution is 2.21. The van der Waals surface area contributed by atoms with Crippen LogP contribution in [0.1, 0.15) is 53.1 Å². The molecule has 0 aliphatic heterocycles. The van der Waals surface area contributed by atoms with Crippen molar-refractivity contribution in [2.24, 2.45) is 0 Å². The zero-order chi connectivity index (χ0) is 24.3. The Labute approximate surface area is 197 Å². The molecule has 34 heavy (non-hydrogen) atoms. The third-order valence-electron chi connectivity index (χ3n) is 5.38. The molecular formula is C27H27FN4O2. The summed E-state index contributed by atoms with van der Waals surface area (Å²) >= 11 is 0. The van der Waals surface area contributed by atoms with E-state index in [1.54, 1.807) is 42.7 Å². The summed E-state index contributed by atoms with van der Waals surface area (Å²) in [7, 11) is 0. The Morgan fingerprint density at radius 2 is 1.53 bits per heavy atom. The van der Waals surface area contributed by atoms with Crippen molar-refractivity contribution in [3.8, 4) is 0 Å². The number of nitrogens with one attached hydrogen (secondary N) is 2. The van der Waals surface area contributed by atoms with E-state index in [0.29, 0.717) is 17.7 Å². The van der Waals surface area contributed by atoms with Crippen molar-refractivity contribution in [3.63, 3.8) is 0 Å². The molecule has 0 aliphatic carbocycles. The topological polar surface area (TPSA) is 76.0 Å². The minimum Gasteiger partial charge on any atom is -0.347 e. The molecule has 0 spiro atoms. The van der Waals surface area contributed by atoms with Gasteiger partial charge in [0.25, 0.3) is 11.8 Å². The number of halogens is 1. The monoisotopic (exact) mass is 458 g/mol. The van der Waals surface area contributed by atoms with Gasteiger partial charge in [0.05, 0.1) is 23.4 Å². The molecule has 0 radical (unpaired) electrons. The van der Waals surface area contributed by atoms with Crippen LogP contribution in [0.4, 0.5) is 4.39 Å². The third-order valence-corrected chi connectivity index (χ3v) is 5.38. The van der Waals surface area contributed by atoms with Gasteiger partial charge in [0.15, 0.2) is 0 Å². The zero-order valence-electron chi connectivity index (χ0n) is 19.4. The molecule has 0 bridgehead atoms. The summed E-state index contributed by atoms with van der Waals surface area (Å²) < 4.78 is 15.5. The quantitative estimate of drug-likeness (QED) is 0.433. The van der Waals surface area contributed by atoms with Crippen LogP contribution in [0.3, 0.4) is 0 Å². The average Bonchev–Trinajstić information content (AvgIpc) is 3.21. The highest BCUT2D eigenvalue weighted by molar-refractivity contribution is 5.98. The van der Waals surface area contributed by atoms with Crippen molar-refractivity contribution in [1.82, 2.24) is 20.2 Å². The number of para-hydroxylation sites is 2. The summed E-state index contributed by atoms with van der Waals surface area (Å²) in [6.07, 6.45) is 1.73. The number of nitrogens with zero attached hydrogens (tertiary/aromatic N) is 2. The highest BCUT2D eigenvalue weighted by Gasteiger charge is 2.19. The number of imidazole rings is 1. The molecule has 0 aliphatic rings. The fourth-order valence-electron chi connectivity index (χ4n) is 3.71. The minimum atomic E-state index is -0.422. The molecule has 6 nitrogen and oxygen atoms in total. The molecule has 0 saturated carbocycles. The van der Waals surface area contributed by atoms with E-state index in [1.165, 1.54) is 12.1 Å². The van der Waals surface area contributed by atoms with E-state index in [9.17, 15) is 14.0 Å². The van der Waals surface area contributed by atoms with Gasteiger partial charge in [-0.15, -0.1) is 0 Å². The Hall–Kier alpha value is -4.00. The number of amides is 2. The maximum Gasteiger partial charge on any atom is 0.251 e. The molecule has 1 atom stereocenters. The smallest absolute Gasteiger partial charge is 0.251 e. The van der Waals surface area contributed by atoms with Crippen LogP contribution in [0.15, 0.2) is 79.1 Å². The van der Waals surface area contributed by atoms with Gasteiger partial charge < -0.3 is 15.2 Å². The summed E-state index contributed by atoms with van der Waals surface area (Å²) in [5, 5.41) is 5.95. The van der Waals surface area contributed by atoms with Crippen molar-refractivity contribution in [1.29, 1.82) is 0 Å². The van der Waals surface area contributed by atoms with Crippen LogP contribution < -0.4 is 10.6 Å². The lowest BCUT2D eigenvalue weighted by Gasteiger charge is -2.21. The van der Waals surface area contributed by atoms with E-state index < -0.39 is 6.04 Å². The number of benzene rings is 3. The largest absolute Gasteiger partial charge is 0.347 e. The van der Waals surface area contributed by atoms with E-state index in [4.69, 9.17) is 0 Å². The Morgan fingerprint density at radius 3 is 2.18 bits per heavy atom. The molecule has 1 heterocycles. The Kier molecular flexibility index (Phi) is 6.45. The van der Waals surface area contributed by atoms with Gasteiger partial charge in [-0.1, -0.05) is 24.3 Å². The van der Waals surface area contributed by atoms with E-state index in [1.807, 2.05) is 49.6 Å². The summed E-state index contributed by atoms with van der Waals surface area (Å²) in [6, 6.07) is 19.9. The lowest BCUT2D eigenvalue weighted by Crippen LogP contribution is -2.40. The van der Waals surface area contributed by atoms with Gasteiger partial charge in [-0.05, 0) is 74.9 Å². The zero-order valence-corrected chi connectivity index (χ0v) is 19.4. The summed E-state index contributed by atoms with van der Waals surface area (Å²) in [6.45, 7) is 6.15. The van der Waals surface area contributed by atoms with Gasteiger partial charge in [-0.25, -0.2) is 9.37 Å². The number of hydrogen-bond donors (Lipinski definition) is 2. The van der Waals surface area contributed by atoms with E-state index in [2.05, 4.69) is 15.6 Å². The Balaban J connectivity index is 1.55. The highest BCUT2D eigenvalue weighted by atomic mass is 19.1. The molecule has 174 valence electrons. The predicted molar refractivity (Wildman–Crippen MR) is 130 cm³/mol.